The van der Waals surface area contributed by atoms with E-state index in [0.717, 1.165) is 35.1 Å². The van der Waals surface area contributed by atoms with Crippen LogP contribution in [-0.2, 0) is 11.3 Å². The highest BCUT2D eigenvalue weighted by Gasteiger charge is 2.25. The number of hydrogen-bond acceptors (Lipinski definition) is 8. The average molecular weight is 426 g/mol. The van der Waals surface area contributed by atoms with Crippen LogP contribution in [0.3, 0.4) is 0 Å². The van der Waals surface area contributed by atoms with Gasteiger partial charge in [-0.05, 0) is 25.0 Å². The highest BCUT2D eigenvalue weighted by Crippen LogP contribution is 2.29. The van der Waals surface area contributed by atoms with Crippen molar-refractivity contribution in [3.05, 3.63) is 40.7 Å². The number of aliphatic hydroxyl groups excluding tert-OH is 2. The van der Waals surface area contributed by atoms with Gasteiger partial charge in [0.15, 0.2) is 0 Å². The van der Waals surface area contributed by atoms with E-state index in [1.807, 2.05) is 27.9 Å². The Balaban J connectivity index is 1.71. The van der Waals surface area contributed by atoms with Gasteiger partial charge in [-0.15, -0.1) is 0 Å². The van der Waals surface area contributed by atoms with Crippen molar-refractivity contribution in [2.45, 2.75) is 25.4 Å². The lowest BCUT2D eigenvalue weighted by molar-refractivity contribution is 0.0695. The zero-order chi connectivity index (χ0) is 21.4. The van der Waals surface area contributed by atoms with Crippen LogP contribution in [0.15, 0.2) is 29.3 Å². The number of ether oxygens (including phenoxy) is 1. The van der Waals surface area contributed by atoms with Gasteiger partial charge in [-0.3, -0.25) is 14.1 Å². The zero-order valence-corrected chi connectivity index (χ0v) is 17.2. The fraction of sp³-hybridized carbons (Fsp3) is 0.476. The van der Waals surface area contributed by atoms with Crippen molar-refractivity contribution in [2.75, 3.05) is 39.5 Å². The number of β-amino-alcohol motifs (C(OH)–C–C–N with tert-alkyl or cyclic N) is 1. The summed E-state index contributed by atoms with van der Waals surface area (Å²) in [5, 5.41) is 20.5. The van der Waals surface area contributed by atoms with Gasteiger partial charge in [0.05, 0.1) is 54.7 Å². The molecule has 0 aromatic carbocycles. The van der Waals surface area contributed by atoms with Crippen molar-refractivity contribution in [1.82, 2.24) is 29.5 Å². The molecule has 1 saturated heterocycles. The Labute approximate surface area is 178 Å². The van der Waals surface area contributed by atoms with Gasteiger partial charge in [0.25, 0.3) is 0 Å². The summed E-state index contributed by atoms with van der Waals surface area (Å²) in [5.41, 5.74) is 7.71. The Bertz CT molecular complexity index is 1190. The number of hydrazine groups is 1. The molecule has 5 rings (SSSR count). The first-order valence-corrected chi connectivity index (χ1v) is 10.6. The van der Waals surface area contributed by atoms with Crippen LogP contribution in [0.4, 0.5) is 0 Å². The van der Waals surface area contributed by atoms with Crippen molar-refractivity contribution in [1.29, 1.82) is 0 Å². The lowest BCUT2D eigenvalue weighted by Crippen LogP contribution is -2.31. The molecule has 0 aliphatic carbocycles. The van der Waals surface area contributed by atoms with Crippen LogP contribution < -0.4 is 11.1 Å². The normalized spacial score (nSPS) is 17.7. The van der Waals surface area contributed by atoms with Crippen LogP contribution in [0.1, 0.15) is 24.6 Å². The molecule has 0 atom stereocenters. The van der Waals surface area contributed by atoms with Gasteiger partial charge in [-0.1, -0.05) is 0 Å². The van der Waals surface area contributed by atoms with E-state index in [0.29, 0.717) is 37.3 Å². The van der Waals surface area contributed by atoms with Crippen molar-refractivity contribution >= 4 is 27.6 Å². The predicted molar refractivity (Wildman–Crippen MR) is 115 cm³/mol. The molecule has 0 amide bonds. The highest BCUT2D eigenvalue weighted by molar-refractivity contribution is 6.00. The number of aromatic nitrogens is 4. The molecule has 3 N–H and O–H groups in total. The summed E-state index contributed by atoms with van der Waals surface area (Å²) in [6.07, 6.45) is 5.16. The molecule has 10 heteroatoms. The smallest absolute Gasteiger partial charge is 0.329 e. The molecule has 1 fully saturated rings. The number of nitrogens with zero attached hydrogens (tertiary/aromatic N) is 5. The molecule has 0 unspecified atom stereocenters. The lowest BCUT2D eigenvalue weighted by Gasteiger charge is -2.23. The topological polar surface area (TPSA) is 118 Å². The second-order valence-corrected chi connectivity index (χ2v) is 7.83. The van der Waals surface area contributed by atoms with Crippen LogP contribution in [0, 0.1) is 0 Å². The second kappa shape index (κ2) is 8.39. The minimum absolute atomic E-state index is 0.0205. The standard InChI is InChI=1S/C21H26N6O4/c28-7-5-25-13-14(11-23-25)16-1-2-17-19(24-16)20-18(12-22-17)26(6-8-29)21(30)27(20)15-3-9-31-10-4-15/h1-2,12-13,15,23,28-29H,3-11H2. The summed E-state index contributed by atoms with van der Waals surface area (Å²) in [4.78, 5) is 22.8. The molecule has 0 bridgehead atoms. The maximum Gasteiger partial charge on any atom is 0.329 e. The molecule has 2 aliphatic heterocycles. The third-order valence-corrected chi connectivity index (χ3v) is 5.97. The monoisotopic (exact) mass is 426 g/mol. The fourth-order valence-corrected chi connectivity index (χ4v) is 4.46. The maximum atomic E-state index is 13.3. The quantitative estimate of drug-likeness (QED) is 0.513. The van der Waals surface area contributed by atoms with E-state index in [4.69, 9.17) is 9.72 Å². The third kappa shape index (κ3) is 3.51. The first-order valence-electron chi connectivity index (χ1n) is 10.6. The summed E-state index contributed by atoms with van der Waals surface area (Å²) in [6, 6.07) is 3.88. The van der Waals surface area contributed by atoms with Crippen LogP contribution in [0.5, 0.6) is 0 Å². The first kappa shape index (κ1) is 20.1. The van der Waals surface area contributed by atoms with Crippen LogP contribution in [-0.4, -0.2) is 73.8 Å². The van der Waals surface area contributed by atoms with E-state index in [9.17, 15) is 15.0 Å². The SMILES string of the molecule is O=c1n(CCO)c2cnc3ccc(C4=CN(CCO)NC4)nc3c2n1C1CCOCC1. The Morgan fingerprint density at radius 2 is 1.97 bits per heavy atom. The predicted octanol–water partition coefficient (Wildman–Crippen LogP) is 0.243. The van der Waals surface area contributed by atoms with Crippen molar-refractivity contribution in [3.8, 4) is 0 Å². The Morgan fingerprint density at radius 1 is 1.16 bits per heavy atom. The molecule has 10 nitrogen and oxygen atoms in total. The van der Waals surface area contributed by atoms with Crippen LogP contribution >= 0.6 is 0 Å². The van der Waals surface area contributed by atoms with Crippen molar-refractivity contribution < 1.29 is 14.9 Å². The van der Waals surface area contributed by atoms with E-state index in [-0.39, 0.29) is 31.5 Å². The highest BCUT2D eigenvalue weighted by atomic mass is 16.5. The largest absolute Gasteiger partial charge is 0.395 e. The fourth-order valence-electron chi connectivity index (χ4n) is 4.46. The van der Waals surface area contributed by atoms with Crippen LogP contribution in [0.2, 0.25) is 0 Å². The number of aliphatic hydroxyl groups is 2. The third-order valence-electron chi connectivity index (χ3n) is 5.97. The summed E-state index contributed by atoms with van der Waals surface area (Å²) in [7, 11) is 0. The first-order chi connectivity index (χ1) is 15.2. The Morgan fingerprint density at radius 3 is 2.74 bits per heavy atom. The van der Waals surface area contributed by atoms with E-state index in [1.165, 1.54) is 0 Å². The van der Waals surface area contributed by atoms with Gasteiger partial charge in [0.2, 0.25) is 0 Å². The molecular formula is C21H26N6O4. The average Bonchev–Trinajstić information content (AvgIpc) is 3.37. The Kier molecular flexibility index (Phi) is 5.45. The zero-order valence-electron chi connectivity index (χ0n) is 17.2. The number of imidazole rings is 1. The molecule has 3 aromatic heterocycles. The molecule has 5 heterocycles. The minimum Gasteiger partial charge on any atom is -0.395 e. The molecule has 0 saturated carbocycles. The lowest BCUT2D eigenvalue weighted by atomic mass is 10.1. The van der Waals surface area contributed by atoms with E-state index in [2.05, 4.69) is 10.4 Å². The minimum atomic E-state index is -0.145. The van der Waals surface area contributed by atoms with E-state index >= 15 is 0 Å². The van der Waals surface area contributed by atoms with Gasteiger partial charge in [-0.25, -0.2) is 15.2 Å². The molecule has 0 radical (unpaired) electrons. The Hall–Kier alpha value is -2.79. The van der Waals surface area contributed by atoms with Gasteiger partial charge in [0.1, 0.15) is 5.52 Å². The summed E-state index contributed by atoms with van der Waals surface area (Å²) >= 11 is 0. The molecule has 2 aliphatic rings. The molecule has 164 valence electrons. The van der Waals surface area contributed by atoms with Gasteiger partial charge < -0.3 is 20.0 Å². The molecular weight excluding hydrogens is 400 g/mol. The van der Waals surface area contributed by atoms with E-state index in [1.54, 1.807) is 10.8 Å². The second-order valence-electron chi connectivity index (χ2n) is 7.83. The number of nitrogens with one attached hydrogen (secondary N) is 1. The summed E-state index contributed by atoms with van der Waals surface area (Å²) in [5.74, 6) is 0. The molecule has 0 spiro atoms. The van der Waals surface area contributed by atoms with Gasteiger partial charge in [-0.2, -0.15) is 0 Å². The molecule has 31 heavy (non-hydrogen) atoms. The van der Waals surface area contributed by atoms with E-state index < -0.39 is 0 Å². The number of fused-ring (bicyclic) bond motifs is 3. The summed E-state index contributed by atoms with van der Waals surface area (Å²) < 4.78 is 8.92. The molecule has 3 aromatic rings. The number of rotatable bonds is 6. The maximum absolute atomic E-state index is 13.3. The van der Waals surface area contributed by atoms with Crippen molar-refractivity contribution in [3.63, 3.8) is 0 Å². The number of pyridine rings is 2. The van der Waals surface area contributed by atoms with Gasteiger partial charge in [0, 0.05) is 37.6 Å². The van der Waals surface area contributed by atoms with Crippen molar-refractivity contribution in [2.24, 2.45) is 0 Å². The summed E-state index contributed by atoms with van der Waals surface area (Å²) in [6.45, 7) is 2.48. The van der Waals surface area contributed by atoms with Gasteiger partial charge >= 0.3 is 5.69 Å². The van der Waals surface area contributed by atoms with Crippen LogP contribution in [0.25, 0.3) is 27.6 Å². The number of hydrogen-bond donors (Lipinski definition) is 3.